The molecule has 0 rings (SSSR count). The second-order valence-corrected chi connectivity index (χ2v) is 5.44. The van der Waals surface area contributed by atoms with Crippen molar-refractivity contribution in [2.45, 2.75) is 53.0 Å². The number of ether oxygens (including phenoxy) is 1. The van der Waals surface area contributed by atoms with E-state index in [0.717, 1.165) is 25.4 Å². The van der Waals surface area contributed by atoms with Crippen molar-refractivity contribution in [3.05, 3.63) is 0 Å². The molecule has 0 fully saturated rings. The van der Waals surface area contributed by atoms with Crippen molar-refractivity contribution in [2.75, 3.05) is 13.7 Å². The Labute approximate surface area is 89.2 Å². The summed E-state index contributed by atoms with van der Waals surface area (Å²) in [5.74, 6) is 0.725. The van der Waals surface area contributed by atoms with Gasteiger partial charge in [0.15, 0.2) is 0 Å². The summed E-state index contributed by atoms with van der Waals surface area (Å²) in [5, 5.41) is 0. The average molecular weight is 201 g/mol. The molecular formula is C12H27NO. The molecule has 0 amide bonds. The molecule has 0 aliphatic carbocycles. The molecule has 2 N–H and O–H groups in total. The number of rotatable bonds is 6. The summed E-state index contributed by atoms with van der Waals surface area (Å²) in [6.45, 7) is 9.76. The minimum Gasteiger partial charge on any atom is -0.385 e. The Morgan fingerprint density at radius 2 is 1.71 bits per heavy atom. The van der Waals surface area contributed by atoms with Crippen molar-refractivity contribution in [1.82, 2.24) is 0 Å². The molecule has 0 aromatic rings. The van der Waals surface area contributed by atoms with Crippen LogP contribution in [-0.4, -0.2) is 19.8 Å². The lowest BCUT2D eigenvalue weighted by molar-refractivity contribution is 0.175. The van der Waals surface area contributed by atoms with Gasteiger partial charge in [-0.1, -0.05) is 27.7 Å². The van der Waals surface area contributed by atoms with Gasteiger partial charge in [0.1, 0.15) is 0 Å². The van der Waals surface area contributed by atoms with Gasteiger partial charge in [-0.3, -0.25) is 0 Å². The Balaban J connectivity index is 3.61. The van der Waals surface area contributed by atoms with Crippen LogP contribution in [0.25, 0.3) is 0 Å². The lowest BCUT2D eigenvalue weighted by Gasteiger charge is -2.28. The predicted octanol–water partition coefficient (Wildman–Crippen LogP) is 2.81. The molecule has 0 radical (unpaired) electrons. The van der Waals surface area contributed by atoms with Gasteiger partial charge < -0.3 is 10.5 Å². The summed E-state index contributed by atoms with van der Waals surface area (Å²) >= 11 is 0. The molecule has 0 spiro atoms. The fraction of sp³-hybridized carbons (Fsp3) is 1.00. The Bertz CT molecular complexity index is 140. The second kappa shape index (κ2) is 6.41. The van der Waals surface area contributed by atoms with Gasteiger partial charge in [-0.05, 0) is 30.6 Å². The van der Waals surface area contributed by atoms with E-state index in [1.54, 1.807) is 7.11 Å². The summed E-state index contributed by atoms with van der Waals surface area (Å²) in [4.78, 5) is 0. The maximum atomic E-state index is 6.10. The summed E-state index contributed by atoms with van der Waals surface area (Å²) < 4.78 is 5.06. The third kappa shape index (κ3) is 6.39. The van der Waals surface area contributed by atoms with E-state index in [2.05, 4.69) is 27.7 Å². The minimum absolute atomic E-state index is 0.237. The Morgan fingerprint density at radius 1 is 1.14 bits per heavy atom. The third-order valence-corrected chi connectivity index (χ3v) is 2.90. The molecule has 0 aromatic carbocycles. The topological polar surface area (TPSA) is 35.2 Å². The van der Waals surface area contributed by atoms with E-state index in [4.69, 9.17) is 10.5 Å². The van der Waals surface area contributed by atoms with Crippen LogP contribution in [0.1, 0.15) is 47.0 Å². The van der Waals surface area contributed by atoms with E-state index in [9.17, 15) is 0 Å². The normalized spacial score (nSPS) is 16.7. The van der Waals surface area contributed by atoms with Gasteiger partial charge >= 0.3 is 0 Å². The molecule has 0 aromatic heterocycles. The van der Waals surface area contributed by atoms with Crippen LogP contribution in [0.3, 0.4) is 0 Å². The lowest BCUT2D eigenvalue weighted by atomic mass is 9.83. The van der Waals surface area contributed by atoms with Gasteiger partial charge in [0.25, 0.3) is 0 Å². The standard InChI is InChI=1S/C12H27NO/c1-10(8-9-14-5)6-7-11(13)12(2,3)4/h10-11H,6-9,13H2,1-5H3. The van der Waals surface area contributed by atoms with Crippen LogP contribution in [0.5, 0.6) is 0 Å². The summed E-state index contributed by atoms with van der Waals surface area (Å²) in [6, 6.07) is 0.312. The summed E-state index contributed by atoms with van der Waals surface area (Å²) in [7, 11) is 1.76. The molecule has 0 bridgehead atoms. The van der Waals surface area contributed by atoms with E-state index < -0.39 is 0 Å². The fourth-order valence-corrected chi connectivity index (χ4v) is 1.36. The van der Waals surface area contributed by atoms with Crippen molar-refractivity contribution in [1.29, 1.82) is 0 Å². The molecule has 86 valence electrons. The van der Waals surface area contributed by atoms with Gasteiger partial charge in [-0.15, -0.1) is 0 Å². The molecule has 0 aliphatic rings. The first-order valence-electron chi connectivity index (χ1n) is 5.62. The monoisotopic (exact) mass is 201 g/mol. The highest BCUT2D eigenvalue weighted by Gasteiger charge is 2.20. The molecular weight excluding hydrogens is 174 g/mol. The van der Waals surface area contributed by atoms with Crippen LogP contribution in [0.15, 0.2) is 0 Å². The van der Waals surface area contributed by atoms with Crippen molar-refractivity contribution in [3.8, 4) is 0 Å². The van der Waals surface area contributed by atoms with E-state index in [1.807, 2.05) is 0 Å². The van der Waals surface area contributed by atoms with Crippen molar-refractivity contribution < 1.29 is 4.74 Å². The first kappa shape index (κ1) is 13.9. The number of hydrogen-bond acceptors (Lipinski definition) is 2. The van der Waals surface area contributed by atoms with Gasteiger partial charge in [-0.2, -0.15) is 0 Å². The Morgan fingerprint density at radius 3 is 2.14 bits per heavy atom. The zero-order chi connectivity index (χ0) is 11.2. The zero-order valence-corrected chi connectivity index (χ0v) is 10.5. The van der Waals surface area contributed by atoms with Crippen LogP contribution in [-0.2, 0) is 4.74 Å². The van der Waals surface area contributed by atoms with Crippen molar-refractivity contribution in [3.63, 3.8) is 0 Å². The fourth-order valence-electron chi connectivity index (χ4n) is 1.36. The summed E-state index contributed by atoms with van der Waals surface area (Å²) in [5.41, 5.74) is 6.33. The van der Waals surface area contributed by atoms with Gasteiger partial charge in [0, 0.05) is 19.8 Å². The summed E-state index contributed by atoms with van der Waals surface area (Å²) in [6.07, 6.45) is 3.48. The van der Waals surface area contributed by atoms with Crippen molar-refractivity contribution in [2.24, 2.45) is 17.1 Å². The van der Waals surface area contributed by atoms with Crippen LogP contribution in [0, 0.1) is 11.3 Å². The number of nitrogens with two attached hydrogens (primary N) is 1. The van der Waals surface area contributed by atoms with E-state index in [1.165, 1.54) is 6.42 Å². The third-order valence-electron chi connectivity index (χ3n) is 2.90. The smallest absolute Gasteiger partial charge is 0.0464 e. The van der Waals surface area contributed by atoms with Crippen LogP contribution >= 0.6 is 0 Å². The molecule has 2 atom stereocenters. The number of methoxy groups -OCH3 is 1. The first-order valence-corrected chi connectivity index (χ1v) is 5.62. The minimum atomic E-state index is 0.237. The highest BCUT2D eigenvalue weighted by atomic mass is 16.5. The molecule has 0 saturated carbocycles. The SMILES string of the molecule is COCCC(C)CCC(N)C(C)(C)C. The second-order valence-electron chi connectivity index (χ2n) is 5.44. The maximum absolute atomic E-state index is 6.10. The molecule has 2 nitrogen and oxygen atoms in total. The molecule has 0 aliphatic heterocycles. The molecule has 2 heteroatoms. The van der Waals surface area contributed by atoms with Gasteiger partial charge in [0.05, 0.1) is 0 Å². The highest BCUT2D eigenvalue weighted by molar-refractivity contribution is 4.77. The average Bonchev–Trinajstić information content (AvgIpc) is 2.09. The van der Waals surface area contributed by atoms with Gasteiger partial charge in [-0.25, -0.2) is 0 Å². The molecule has 2 unspecified atom stereocenters. The zero-order valence-electron chi connectivity index (χ0n) is 10.5. The van der Waals surface area contributed by atoms with Crippen LogP contribution < -0.4 is 5.73 Å². The van der Waals surface area contributed by atoms with Crippen molar-refractivity contribution >= 4 is 0 Å². The first-order chi connectivity index (χ1) is 6.38. The molecule has 0 heterocycles. The number of hydrogen-bond donors (Lipinski definition) is 1. The molecule has 0 saturated heterocycles. The lowest BCUT2D eigenvalue weighted by Crippen LogP contribution is -2.35. The predicted molar refractivity (Wildman–Crippen MR) is 62.3 cm³/mol. The van der Waals surface area contributed by atoms with Crippen LogP contribution in [0.4, 0.5) is 0 Å². The van der Waals surface area contributed by atoms with Gasteiger partial charge in [0.2, 0.25) is 0 Å². The van der Waals surface area contributed by atoms with Crippen LogP contribution in [0.2, 0.25) is 0 Å². The maximum Gasteiger partial charge on any atom is 0.0464 e. The van der Waals surface area contributed by atoms with E-state index >= 15 is 0 Å². The highest BCUT2D eigenvalue weighted by Crippen LogP contribution is 2.23. The van der Waals surface area contributed by atoms with E-state index in [-0.39, 0.29) is 5.41 Å². The Kier molecular flexibility index (Phi) is 6.38. The quantitative estimate of drug-likeness (QED) is 0.717. The van der Waals surface area contributed by atoms with E-state index in [0.29, 0.717) is 6.04 Å². The largest absolute Gasteiger partial charge is 0.385 e. The molecule has 14 heavy (non-hydrogen) atoms. The Hall–Kier alpha value is -0.0800.